The standard InChI is InChI=1S/C33H52O7/c1-2-3-19-33(20-12-21-33)29(40-32-16-9-11-23-38-32)18-17-26-25(13-6-4-5-7-14-30(35)36)27(34)24-28(26)39-31-15-8-10-22-37-31/h7,14,17-18,25-26,28-29,31-32H,2-6,8-13,15-16,19-24H2,1H3,(H,35,36)/b14-7+,18-17+/t25-,26-,28-,29-,31?,32?/m1/s1. The van der Waals surface area contributed by atoms with Crippen LogP contribution < -0.4 is 0 Å². The lowest BCUT2D eigenvalue weighted by molar-refractivity contribution is -0.211. The van der Waals surface area contributed by atoms with Crippen molar-refractivity contribution < 1.29 is 33.6 Å². The molecule has 0 amide bonds. The van der Waals surface area contributed by atoms with Gasteiger partial charge in [-0.25, -0.2) is 4.79 Å². The van der Waals surface area contributed by atoms with Crippen LogP contribution in [0.4, 0.5) is 0 Å². The second-order valence-electron chi connectivity index (χ2n) is 12.4. The summed E-state index contributed by atoms with van der Waals surface area (Å²) in [5, 5.41) is 8.83. The molecule has 0 radical (unpaired) electrons. The van der Waals surface area contributed by atoms with Crippen LogP contribution in [0.25, 0.3) is 0 Å². The molecule has 0 aromatic heterocycles. The number of ether oxygens (including phenoxy) is 4. The van der Waals surface area contributed by atoms with Gasteiger partial charge in [0.25, 0.3) is 0 Å². The van der Waals surface area contributed by atoms with Crippen molar-refractivity contribution in [1.82, 2.24) is 0 Å². The highest BCUT2D eigenvalue weighted by molar-refractivity contribution is 5.84. The van der Waals surface area contributed by atoms with E-state index in [1.165, 1.54) is 38.2 Å². The van der Waals surface area contributed by atoms with Crippen molar-refractivity contribution in [2.24, 2.45) is 17.3 Å². The van der Waals surface area contributed by atoms with Gasteiger partial charge in [-0.05, 0) is 77.0 Å². The number of rotatable bonds is 16. The van der Waals surface area contributed by atoms with Gasteiger partial charge in [-0.3, -0.25) is 4.79 Å². The molecule has 226 valence electrons. The highest BCUT2D eigenvalue weighted by Gasteiger charge is 2.46. The summed E-state index contributed by atoms with van der Waals surface area (Å²) in [4.78, 5) is 24.1. The Balaban J connectivity index is 1.49. The first-order valence-electron chi connectivity index (χ1n) is 16.2. The van der Waals surface area contributed by atoms with E-state index in [9.17, 15) is 9.59 Å². The van der Waals surface area contributed by atoms with E-state index in [-0.39, 0.29) is 47.8 Å². The molecule has 7 heteroatoms. The van der Waals surface area contributed by atoms with Crippen molar-refractivity contribution >= 4 is 11.8 Å². The van der Waals surface area contributed by atoms with Gasteiger partial charge in [0.2, 0.25) is 0 Å². The third-order valence-electron chi connectivity index (χ3n) is 9.50. The fourth-order valence-corrected chi connectivity index (χ4v) is 6.98. The third kappa shape index (κ3) is 8.98. The van der Waals surface area contributed by atoms with E-state index in [0.717, 1.165) is 77.4 Å². The number of ketones is 1. The molecule has 2 unspecified atom stereocenters. The fourth-order valence-electron chi connectivity index (χ4n) is 6.98. The molecule has 2 heterocycles. The number of carbonyl (C=O) groups is 2. The minimum atomic E-state index is -0.917. The van der Waals surface area contributed by atoms with Crippen LogP contribution in [0, 0.1) is 17.3 Å². The Morgan fingerprint density at radius 3 is 2.42 bits per heavy atom. The molecule has 40 heavy (non-hydrogen) atoms. The van der Waals surface area contributed by atoms with Crippen LogP contribution in [0.1, 0.15) is 116 Å². The Kier molecular flexibility index (Phi) is 12.7. The molecule has 4 aliphatic rings. The Hall–Kier alpha value is -1.54. The number of Topliss-reactive ketones (excluding diaryl/α,β-unsaturated/α-hetero) is 1. The summed E-state index contributed by atoms with van der Waals surface area (Å²) in [7, 11) is 0. The number of unbranched alkanes of at least 4 members (excludes halogenated alkanes) is 3. The first kappa shape index (κ1) is 31.4. The molecule has 0 spiro atoms. The number of allylic oxidation sites excluding steroid dienone is 1. The number of carboxylic acid groups (broad SMARTS) is 1. The maximum absolute atomic E-state index is 13.3. The minimum absolute atomic E-state index is 0.00531. The van der Waals surface area contributed by atoms with Crippen LogP contribution in [0.5, 0.6) is 0 Å². The average molecular weight is 561 g/mol. The van der Waals surface area contributed by atoms with E-state index in [0.29, 0.717) is 12.8 Å². The lowest BCUT2D eigenvalue weighted by Crippen LogP contribution is -2.44. The van der Waals surface area contributed by atoms with Gasteiger partial charge >= 0.3 is 5.97 Å². The number of aliphatic carboxylic acids is 1. The van der Waals surface area contributed by atoms with Crippen LogP contribution in [0.3, 0.4) is 0 Å². The molecule has 1 N–H and O–H groups in total. The molecule has 2 aliphatic heterocycles. The van der Waals surface area contributed by atoms with Crippen molar-refractivity contribution in [3.8, 4) is 0 Å². The smallest absolute Gasteiger partial charge is 0.327 e. The zero-order valence-electron chi connectivity index (χ0n) is 24.6. The number of carbonyl (C=O) groups excluding carboxylic acids is 1. The quantitative estimate of drug-likeness (QED) is 0.122. The first-order chi connectivity index (χ1) is 19.5. The first-order valence-corrected chi connectivity index (χ1v) is 16.2. The predicted molar refractivity (Wildman–Crippen MR) is 154 cm³/mol. The maximum atomic E-state index is 13.3. The largest absolute Gasteiger partial charge is 0.478 e. The summed E-state index contributed by atoms with van der Waals surface area (Å²) >= 11 is 0. The Labute approximate surface area is 241 Å². The van der Waals surface area contributed by atoms with Crippen LogP contribution in [0.2, 0.25) is 0 Å². The summed E-state index contributed by atoms with van der Waals surface area (Å²) in [5.41, 5.74) is 0.157. The summed E-state index contributed by atoms with van der Waals surface area (Å²) in [6.07, 6.45) is 23.9. The van der Waals surface area contributed by atoms with Gasteiger partial charge in [-0.2, -0.15) is 0 Å². The Bertz CT molecular complexity index is 836. The van der Waals surface area contributed by atoms with Crippen LogP contribution >= 0.6 is 0 Å². The molecule has 7 nitrogen and oxygen atoms in total. The van der Waals surface area contributed by atoms with E-state index in [1.54, 1.807) is 6.08 Å². The van der Waals surface area contributed by atoms with E-state index in [4.69, 9.17) is 24.1 Å². The molecule has 2 saturated carbocycles. The minimum Gasteiger partial charge on any atom is -0.478 e. The maximum Gasteiger partial charge on any atom is 0.327 e. The van der Waals surface area contributed by atoms with E-state index < -0.39 is 5.97 Å². The molecule has 0 aromatic rings. The zero-order valence-corrected chi connectivity index (χ0v) is 24.6. The van der Waals surface area contributed by atoms with Crippen LogP contribution in [-0.2, 0) is 28.5 Å². The highest BCUT2D eigenvalue weighted by Crippen LogP contribution is 2.50. The summed E-state index contributed by atoms with van der Waals surface area (Å²) in [5.74, 6) is -0.740. The summed E-state index contributed by atoms with van der Waals surface area (Å²) in [6, 6.07) is 0. The predicted octanol–water partition coefficient (Wildman–Crippen LogP) is 7.13. The zero-order chi connectivity index (χ0) is 28.2. The molecule has 2 saturated heterocycles. The summed E-state index contributed by atoms with van der Waals surface area (Å²) < 4.78 is 25.1. The molecular formula is C33H52O7. The molecule has 4 rings (SSSR count). The van der Waals surface area contributed by atoms with Gasteiger partial charge in [-0.1, -0.05) is 50.8 Å². The van der Waals surface area contributed by atoms with Crippen LogP contribution in [-0.4, -0.2) is 54.9 Å². The molecule has 0 aromatic carbocycles. The average Bonchev–Trinajstić information content (AvgIpc) is 3.22. The van der Waals surface area contributed by atoms with E-state index >= 15 is 0 Å². The lowest BCUT2D eigenvalue weighted by atomic mass is 9.62. The Morgan fingerprint density at radius 2 is 1.80 bits per heavy atom. The molecule has 0 bridgehead atoms. The van der Waals surface area contributed by atoms with Crippen molar-refractivity contribution in [3.63, 3.8) is 0 Å². The van der Waals surface area contributed by atoms with E-state index in [2.05, 4.69) is 19.1 Å². The normalized spacial score (nSPS) is 31.5. The molecule has 6 atom stereocenters. The van der Waals surface area contributed by atoms with E-state index in [1.807, 2.05) is 0 Å². The summed E-state index contributed by atoms with van der Waals surface area (Å²) in [6.45, 7) is 3.74. The van der Waals surface area contributed by atoms with Gasteiger partial charge < -0.3 is 24.1 Å². The van der Waals surface area contributed by atoms with Gasteiger partial charge in [-0.15, -0.1) is 0 Å². The van der Waals surface area contributed by atoms with Gasteiger partial charge in [0.1, 0.15) is 5.78 Å². The third-order valence-corrected chi connectivity index (χ3v) is 9.50. The molecule has 2 aliphatic carbocycles. The van der Waals surface area contributed by atoms with Gasteiger partial charge in [0.15, 0.2) is 12.6 Å². The van der Waals surface area contributed by atoms with Crippen molar-refractivity contribution in [2.45, 2.75) is 141 Å². The topological polar surface area (TPSA) is 91.3 Å². The Morgan fingerprint density at radius 1 is 1.05 bits per heavy atom. The molecule has 4 fully saturated rings. The number of hydrogen-bond donors (Lipinski definition) is 1. The van der Waals surface area contributed by atoms with Crippen molar-refractivity contribution in [2.75, 3.05) is 13.2 Å². The van der Waals surface area contributed by atoms with Crippen molar-refractivity contribution in [3.05, 3.63) is 24.3 Å². The fraction of sp³-hybridized carbons (Fsp3) is 0.818. The van der Waals surface area contributed by atoms with Gasteiger partial charge in [0, 0.05) is 43.0 Å². The number of carboxylic acids is 1. The monoisotopic (exact) mass is 560 g/mol. The highest BCUT2D eigenvalue weighted by atomic mass is 16.7. The van der Waals surface area contributed by atoms with Gasteiger partial charge in [0.05, 0.1) is 12.2 Å². The van der Waals surface area contributed by atoms with Crippen molar-refractivity contribution in [1.29, 1.82) is 0 Å². The SMILES string of the molecule is CCCCC1([C@@H](/C=C/[C@H]2[C@H](OC3CCCCO3)CC(=O)[C@@H]2CCCC/C=C/C(=O)O)OC2CCCCO2)CCC1. The molecular weight excluding hydrogens is 508 g/mol. The number of hydrogen-bond acceptors (Lipinski definition) is 6. The lowest BCUT2D eigenvalue weighted by Gasteiger charge is -2.48. The van der Waals surface area contributed by atoms with Crippen LogP contribution in [0.15, 0.2) is 24.3 Å². The second-order valence-corrected chi connectivity index (χ2v) is 12.4. The second kappa shape index (κ2) is 16.2.